The van der Waals surface area contributed by atoms with Crippen molar-refractivity contribution in [1.29, 1.82) is 0 Å². The van der Waals surface area contributed by atoms with Crippen LogP contribution in [-0.2, 0) is 4.79 Å². The Bertz CT molecular complexity index is 897. The van der Waals surface area contributed by atoms with Gasteiger partial charge in [0, 0.05) is 17.8 Å². The molecule has 0 atom stereocenters. The maximum Gasteiger partial charge on any atom is 0.235 e. The molecule has 0 bridgehead atoms. The van der Waals surface area contributed by atoms with E-state index >= 15 is 0 Å². The fraction of sp³-hybridized carbons (Fsp3) is 0.333. The molecule has 0 aliphatic rings. The summed E-state index contributed by atoms with van der Waals surface area (Å²) in [5, 5.41) is 16.2. The summed E-state index contributed by atoms with van der Waals surface area (Å²) in [4.78, 5) is 12.3. The molecule has 0 spiro atoms. The van der Waals surface area contributed by atoms with Crippen molar-refractivity contribution in [3.8, 4) is 5.69 Å². The zero-order chi connectivity index (χ0) is 18.7. The molecule has 1 amide bonds. The summed E-state index contributed by atoms with van der Waals surface area (Å²) in [5.74, 6) is 1.62. The zero-order valence-electron chi connectivity index (χ0n) is 15.3. The van der Waals surface area contributed by atoms with Gasteiger partial charge in [-0.15, -0.1) is 10.2 Å². The lowest BCUT2D eigenvalue weighted by Crippen LogP contribution is -2.18. The van der Waals surface area contributed by atoms with Gasteiger partial charge in [-0.2, -0.15) is 5.10 Å². The Kier molecular flexibility index (Phi) is 5.41. The Morgan fingerprint density at radius 1 is 1.15 bits per heavy atom. The Morgan fingerprint density at radius 3 is 2.58 bits per heavy atom. The number of nitrogens with one attached hydrogen (secondary N) is 1. The van der Waals surface area contributed by atoms with Gasteiger partial charge in [-0.05, 0) is 39.8 Å². The molecule has 0 aliphatic carbocycles. The van der Waals surface area contributed by atoms with E-state index in [0.717, 1.165) is 11.5 Å². The van der Waals surface area contributed by atoms with Crippen LogP contribution in [0.4, 0.5) is 5.82 Å². The number of aryl methyl sites for hydroxylation is 2. The lowest BCUT2D eigenvalue weighted by molar-refractivity contribution is -0.113. The second-order valence-corrected chi connectivity index (χ2v) is 7.23. The van der Waals surface area contributed by atoms with Gasteiger partial charge in [0.05, 0.1) is 11.9 Å². The van der Waals surface area contributed by atoms with Crippen LogP contribution in [0, 0.1) is 13.8 Å². The van der Waals surface area contributed by atoms with Crippen molar-refractivity contribution in [2.45, 2.75) is 38.9 Å². The fourth-order valence-corrected chi connectivity index (χ4v) is 3.36. The van der Waals surface area contributed by atoms with E-state index in [1.54, 1.807) is 16.9 Å². The molecular formula is C18H22N6OS. The molecule has 0 aliphatic heterocycles. The van der Waals surface area contributed by atoms with Crippen molar-refractivity contribution >= 4 is 23.5 Å². The van der Waals surface area contributed by atoms with E-state index in [0.29, 0.717) is 11.0 Å². The molecule has 0 fully saturated rings. The van der Waals surface area contributed by atoms with E-state index in [4.69, 9.17) is 0 Å². The summed E-state index contributed by atoms with van der Waals surface area (Å²) in [5.41, 5.74) is 2.17. The standard InChI is InChI=1S/C18H22N6OS/c1-12(2)24-16(9-10-19-24)20-17(25)11-26-18-22-21-14(4)23(18)15-7-5-13(3)6-8-15/h5-10,12H,11H2,1-4H3,(H,20,25). The second kappa shape index (κ2) is 7.74. The highest BCUT2D eigenvalue weighted by Crippen LogP contribution is 2.22. The van der Waals surface area contributed by atoms with Crippen LogP contribution in [0.15, 0.2) is 41.7 Å². The highest BCUT2D eigenvalue weighted by atomic mass is 32.2. The van der Waals surface area contributed by atoms with Gasteiger partial charge < -0.3 is 5.32 Å². The van der Waals surface area contributed by atoms with E-state index in [1.165, 1.54) is 17.3 Å². The van der Waals surface area contributed by atoms with E-state index in [-0.39, 0.29) is 17.7 Å². The molecule has 1 aromatic carbocycles. The van der Waals surface area contributed by atoms with Gasteiger partial charge >= 0.3 is 0 Å². The van der Waals surface area contributed by atoms with Gasteiger partial charge in [-0.1, -0.05) is 29.5 Å². The van der Waals surface area contributed by atoms with Crippen LogP contribution in [0.2, 0.25) is 0 Å². The van der Waals surface area contributed by atoms with Gasteiger partial charge in [0.1, 0.15) is 11.6 Å². The van der Waals surface area contributed by atoms with Crippen molar-refractivity contribution in [3.63, 3.8) is 0 Å². The van der Waals surface area contributed by atoms with Crippen molar-refractivity contribution in [3.05, 3.63) is 47.9 Å². The number of benzene rings is 1. The van der Waals surface area contributed by atoms with E-state index < -0.39 is 0 Å². The Morgan fingerprint density at radius 2 is 1.88 bits per heavy atom. The summed E-state index contributed by atoms with van der Waals surface area (Å²) in [7, 11) is 0. The van der Waals surface area contributed by atoms with Crippen LogP contribution >= 0.6 is 11.8 Å². The summed E-state index contributed by atoms with van der Waals surface area (Å²) in [6.07, 6.45) is 1.68. The predicted octanol–water partition coefficient (Wildman–Crippen LogP) is 3.39. The SMILES string of the molecule is Cc1ccc(-n2c(C)nnc2SCC(=O)Nc2ccnn2C(C)C)cc1. The third kappa shape index (κ3) is 3.96. The Labute approximate surface area is 156 Å². The van der Waals surface area contributed by atoms with Crippen LogP contribution in [0.3, 0.4) is 0 Å². The summed E-state index contributed by atoms with van der Waals surface area (Å²) >= 11 is 1.36. The van der Waals surface area contributed by atoms with Gasteiger partial charge in [0.25, 0.3) is 0 Å². The first kappa shape index (κ1) is 18.2. The minimum absolute atomic E-state index is 0.103. The van der Waals surface area contributed by atoms with Gasteiger partial charge in [0.15, 0.2) is 5.16 Å². The lowest BCUT2D eigenvalue weighted by Gasteiger charge is -2.12. The Balaban J connectivity index is 1.69. The topological polar surface area (TPSA) is 77.6 Å². The van der Waals surface area contributed by atoms with Crippen molar-refractivity contribution in [2.75, 3.05) is 11.1 Å². The molecule has 2 heterocycles. The predicted molar refractivity (Wildman–Crippen MR) is 103 cm³/mol. The van der Waals surface area contributed by atoms with Crippen molar-refractivity contribution in [2.24, 2.45) is 0 Å². The maximum atomic E-state index is 12.3. The molecule has 136 valence electrons. The molecule has 0 radical (unpaired) electrons. The lowest BCUT2D eigenvalue weighted by atomic mass is 10.2. The smallest absolute Gasteiger partial charge is 0.235 e. The molecule has 0 unspecified atom stereocenters. The first-order chi connectivity index (χ1) is 12.5. The third-order valence-corrected chi connectivity index (χ3v) is 4.78. The highest BCUT2D eigenvalue weighted by molar-refractivity contribution is 7.99. The zero-order valence-corrected chi connectivity index (χ0v) is 16.1. The average Bonchev–Trinajstić information content (AvgIpc) is 3.20. The van der Waals surface area contributed by atoms with Crippen LogP contribution in [-0.4, -0.2) is 36.2 Å². The van der Waals surface area contributed by atoms with E-state index in [2.05, 4.69) is 20.6 Å². The number of thioether (sulfide) groups is 1. The third-order valence-electron chi connectivity index (χ3n) is 3.85. The maximum absolute atomic E-state index is 12.3. The first-order valence-corrected chi connectivity index (χ1v) is 9.39. The van der Waals surface area contributed by atoms with Crippen LogP contribution < -0.4 is 5.32 Å². The Hall–Kier alpha value is -2.61. The number of hydrogen-bond donors (Lipinski definition) is 1. The van der Waals surface area contributed by atoms with Gasteiger partial charge in [-0.25, -0.2) is 4.68 Å². The molecule has 8 heteroatoms. The van der Waals surface area contributed by atoms with Gasteiger partial charge in [0.2, 0.25) is 5.91 Å². The molecule has 3 aromatic rings. The second-order valence-electron chi connectivity index (χ2n) is 6.29. The van der Waals surface area contributed by atoms with Crippen LogP contribution in [0.1, 0.15) is 31.3 Å². The minimum atomic E-state index is -0.103. The number of amides is 1. The minimum Gasteiger partial charge on any atom is -0.310 e. The number of rotatable bonds is 6. The summed E-state index contributed by atoms with van der Waals surface area (Å²) < 4.78 is 3.73. The summed E-state index contributed by atoms with van der Waals surface area (Å²) in [6.45, 7) is 7.98. The molecule has 3 rings (SSSR count). The van der Waals surface area contributed by atoms with E-state index in [1.807, 2.05) is 56.5 Å². The van der Waals surface area contributed by atoms with Gasteiger partial charge in [-0.3, -0.25) is 9.36 Å². The van der Waals surface area contributed by atoms with Crippen molar-refractivity contribution in [1.82, 2.24) is 24.5 Å². The van der Waals surface area contributed by atoms with Crippen molar-refractivity contribution < 1.29 is 4.79 Å². The molecule has 1 N–H and O–H groups in total. The number of carbonyl (C=O) groups is 1. The van der Waals surface area contributed by atoms with Crippen LogP contribution in [0.5, 0.6) is 0 Å². The van der Waals surface area contributed by atoms with Crippen LogP contribution in [0.25, 0.3) is 5.69 Å². The molecule has 2 aromatic heterocycles. The molecule has 0 saturated heterocycles. The molecule has 26 heavy (non-hydrogen) atoms. The van der Waals surface area contributed by atoms with E-state index in [9.17, 15) is 4.79 Å². The monoisotopic (exact) mass is 370 g/mol. The number of hydrogen-bond acceptors (Lipinski definition) is 5. The molecule has 7 nitrogen and oxygen atoms in total. The number of carbonyl (C=O) groups excluding carboxylic acids is 1. The largest absolute Gasteiger partial charge is 0.310 e. The number of nitrogens with zero attached hydrogens (tertiary/aromatic N) is 5. The molecule has 0 saturated carbocycles. The number of aromatic nitrogens is 5. The average molecular weight is 370 g/mol. The molecular weight excluding hydrogens is 348 g/mol. The fourth-order valence-electron chi connectivity index (χ4n) is 2.56. The summed E-state index contributed by atoms with van der Waals surface area (Å²) in [6, 6.07) is 10.1. The quantitative estimate of drug-likeness (QED) is 0.673. The first-order valence-electron chi connectivity index (χ1n) is 8.41. The highest BCUT2D eigenvalue weighted by Gasteiger charge is 2.15. The number of anilines is 1. The normalized spacial score (nSPS) is 11.1.